The molecule has 0 saturated carbocycles. The van der Waals surface area contributed by atoms with E-state index in [2.05, 4.69) is 55.5 Å². The number of carbonyl (C=O) groups excluding carboxylic acids is 1. The van der Waals surface area contributed by atoms with Crippen molar-refractivity contribution >= 4 is 16.6 Å². The van der Waals surface area contributed by atoms with Gasteiger partial charge < -0.3 is 0 Å². The van der Waals surface area contributed by atoms with E-state index < -0.39 is 0 Å². The fraction of sp³-hybridized carbons (Fsp3) is 0.115. The summed E-state index contributed by atoms with van der Waals surface area (Å²) in [6.07, 6.45) is 0.744. The molecule has 0 aliphatic heterocycles. The first kappa shape index (κ1) is 17.2. The van der Waals surface area contributed by atoms with E-state index >= 15 is 0 Å². The smallest absolute Gasteiger partial charge is 0.193 e. The zero-order chi connectivity index (χ0) is 18.8. The molecule has 1 nitrogen and oxygen atoms in total. The molecular formula is C26H22O. The van der Waals surface area contributed by atoms with Crippen LogP contribution in [0.4, 0.5) is 0 Å². The van der Waals surface area contributed by atoms with Crippen LogP contribution >= 0.6 is 0 Å². The molecule has 0 aliphatic rings. The summed E-state index contributed by atoms with van der Waals surface area (Å²) in [4.78, 5) is 13.2. The van der Waals surface area contributed by atoms with Crippen LogP contribution in [0.3, 0.4) is 0 Å². The number of carbonyl (C=O) groups is 1. The SMILES string of the molecule is Cc1ccc(C(=O)c2ccccc2Cc2cccc3ccccc23)cc1C. The average molecular weight is 350 g/mol. The maximum atomic E-state index is 13.2. The molecule has 0 amide bonds. The number of rotatable bonds is 4. The molecule has 27 heavy (non-hydrogen) atoms. The van der Waals surface area contributed by atoms with Crippen molar-refractivity contribution in [1.29, 1.82) is 0 Å². The predicted octanol–water partition coefficient (Wildman–Crippen LogP) is 6.28. The Hall–Kier alpha value is -3.19. The number of benzene rings is 4. The maximum Gasteiger partial charge on any atom is 0.193 e. The van der Waals surface area contributed by atoms with Gasteiger partial charge in [-0.1, -0.05) is 78.9 Å². The summed E-state index contributed by atoms with van der Waals surface area (Å²) in [5.74, 6) is 0.0916. The Kier molecular flexibility index (Phi) is 4.60. The van der Waals surface area contributed by atoms with Gasteiger partial charge in [0.15, 0.2) is 5.78 Å². The van der Waals surface area contributed by atoms with Gasteiger partial charge in [0.05, 0.1) is 0 Å². The highest BCUT2D eigenvalue weighted by Gasteiger charge is 2.15. The van der Waals surface area contributed by atoms with Crippen molar-refractivity contribution in [3.63, 3.8) is 0 Å². The quantitative estimate of drug-likeness (QED) is 0.396. The Bertz CT molecular complexity index is 1130. The Morgan fingerprint density at radius 1 is 0.704 bits per heavy atom. The third kappa shape index (κ3) is 3.41. The molecule has 0 heterocycles. The molecule has 0 fully saturated rings. The second-order valence-electron chi connectivity index (χ2n) is 7.10. The molecule has 0 bridgehead atoms. The molecule has 0 atom stereocenters. The first-order valence-corrected chi connectivity index (χ1v) is 9.30. The summed E-state index contributed by atoms with van der Waals surface area (Å²) in [5.41, 5.74) is 6.20. The Morgan fingerprint density at radius 2 is 1.41 bits per heavy atom. The van der Waals surface area contributed by atoms with Gasteiger partial charge in [-0.2, -0.15) is 0 Å². The molecule has 0 aliphatic carbocycles. The van der Waals surface area contributed by atoms with E-state index in [1.807, 2.05) is 43.3 Å². The number of hydrogen-bond acceptors (Lipinski definition) is 1. The molecule has 4 aromatic carbocycles. The molecule has 0 N–H and O–H groups in total. The van der Waals surface area contributed by atoms with Gasteiger partial charge in [0.1, 0.15) is 0 Å². The van der Waals surface area contributed by atoms with Gasteiger partial charge in [-0.3, -0.25) is 4.79 Å². The average Bonchev–Trinajstić information content (AvgIpc) is 2.70. The van der Waals surface area contributed by atoms with E-state index in [9.17, 15) is 4.79 Å². The van der Waals surface area contributed by atoms with E-state index in [0.29, 0.717) is 0 Å². The largest absolute Gasteiger partial charge is 0.289 e. The van der Waals surface area contributed by atoms with Crippen LogP contribution in [0.2, 0.25) is 0 Å². The van der Waals surface area contributed by atoms with Crippen LogP contribution < -0.4 is 0 Å². The number of fused-ring (bicyclic) bond motifs is 1. The molecule has 0 radical (unpaired) electrons. The third-order valence-corrected chi connectivity index (χ3v) is 5.29. The normalized spacial score (nSPS) is 10.9. The van der Waals surface area contributed by atoms with E-state index in [1.54, 1.807) is 0 Å². The number of ketones is 1. The molecule has 0 saturated heterocycles. The predicted molar refractivity (Wildman–Crippen MR) is 113 cm³/mol. The molecular weight excluding hydrogens is 328 g/mol. The van der Waals surface area contributed by atoms with Crippen LogP contribution in [0, 0.1) is 13.8 Å². The third-order valence-electron chi connectivity index (χ3n) is 5.29. The first-order valence-electron chi connectivity index (χ1n) is 9.30. The Labute approximate surface area is 160 Å². The Morgan fingerprint density at radius 3 is 2.26 bits per heavy atom. The van der Waals surface area contributed by atoms with Crippen LogP contribution in [0.1, 0.15) is 38.2 Å². The summed E-state index contributed by atoms with van der Waals surface area (Å²) in [5, 5.41) is 2.47. The number of aryl methyl sites for hydroxylation is 2. The molecule has 4 aromatic rings. The van der Waals surface area contributed by atoms with Crippen LogP contribution in [0.5, 0.6) is 0 Å². The summed E-state index contributed by atoms with van der Waals surface area (Å²) in [6, 6.07) is 28.7. The van der Waals surface area contributed by atoms with E-state index in [0.717, 1.165) is 28.7 Å². The lowest BCUT2D eigenvalue weighted by molar-refractivity contribution is 0.103. The maximum absolute atomic E-state index is 13.2. The van der Waals surface area contributed by atoms with Crippen molar-refractivity contribution < 1.29 is 4.79 Å². The molecule has 132 valence electrons. The zero-order valence-electron chi connectivity index (χ0n) is 15.7. The van der Waals surface area contributed by atoms with E-state index in [-0.39, 0.29) is 5.78 Å². The van der Waals surface area contributed by atoms with Gasteiger partial charge >= 0.3 is 0 Å². The van der Waals surface area contributed by atoms with Crippen molar-refractivity contribution in [3.8, 4) is 0 Å². The minimum Gasteiger partial charge on any atom is -0.289 e. The lowest BCUT2D eigenvalue weighted by Crippen LogP contribution is -2.06. The molecule has 0 aromatic heterocycles. The van der Waals surface area contributed by atoms with Gasteiger partial charge in [-0.05, 0) is 59.4 Å². The van der Waals surface area contributed by atoms with Crippen molar-refractivity contribution in [1.82, 2.24) is 0 Å². The zero-order valence-corrected chi connectivity index (χ0v) is 15.7. The highest BCUT2D eigenvalue weighted by Crippen LogP contribution is 2.24. The molecule has 1 heteroatoms. The van der Waals surface area contributed by atoms with Crippen molar-refractivity contribution in [2.45, 2.75) is 20.3 Å². The summed E-state index contributed by atoms with van der Waals surface area (Å²) >= 11 is 0. The fourth-order valence-corrected chi connectivity index (χ4v) is 3.59. The molecule has 0 spiro atoms. The highest BCUT2D eigenvalue weighted by molar-refractivity contribution is 6.10. The molecule has 0 unspecified atom stereocenters. The second-order valence-corrected chi connectivity index (χ2v) is 7.10. The van der Waals surface area contributed by atoms with Crippen molar-refractivity contribution in [3.05, 3.63) is 118 Å². The van der Waals surface area contributed by atoms with Gasteiger partial charge in [0.2, 0.25) is 0 Å². The van der Waals surface area contributed by atoms with Gasteiger partial charge in [-0.25, -0.2) is 0 Å². The second kappa shape index (κ2) is 7.20. The lowest BCUT2D eigenvalue weighted by atomic mass is 9.91. The van der Waals surface area contributed by atoms with Gasteiger partial charge in [-0.15, -0.1) is 0 Å². The summed E-state index contributed by atoms with van der Waals surface area (Å²) in [7, 11) is 0. The van der Waals surface area contributed by atoms with Gasteiger partial charge in [0, 0.05) is 11.1 Å². The minimum absolute atomic E-state index is 0.0916. The molecule has 4 rings (SSSR count). The monoisotopic (exact) mass is 350 g/mol. The van der Waals surface area contributed by atoms with Gasteiger partial charge in [0.25, 0.3) is 0 Å². The van der Waals surface area contributed by atoms with Crippen LogP contribution in [0.25, 0.3) is 10.8 Å². The summed E-state index contributed by atoms with van der Waals surface area (Å²) in [6.45, 7) is 4.12. The topological polar surface area (TPSA) is 17.1 Å². The van der Waals surface area contributed by atoms with Crippen molar-refractivity contribution in [2.24, 2.45) is 0 Å². The van der Waals surface area contributed by atoms with Crippen molar-refractivity contribution in [2.75, 3.05) is 0 Å². The van der Waals surface area contributed by atoms with Crippen LogP contribution in [-0.4, -0.2) is 5.78 Å². The lowest BCUT2D eigenvalue weighted by Gasteiger charge is -2.12. The van der Waals surface area contributed by atoms with Crippen LogP contribution in [-0.2, 0) is 6.42 Å². The number of hydrogen-bond donors (Lipinski definition) is 0. The van der Waals surface area contributed by atoms with Crippen LogP contribution in [0.15, 0.2) is 84.9 Å². The fourth-order valence-electron chi connectivity index (χ4n) is 3.59. The summed E-state index contributed by atoms with van der Waals surface area (Å²) < 4.78 is 0. The standard InChI is InChI=1S/C26H22O/c1-18-14-15-23(16-19(18)2)26(27)25-13-6-4-9-22(25)17-21-11-7-10-20-8-3-5-12-24(20)21/h3-16H,17H2,1-2H3. The van der Waals surface area contributed by atoms with E-state index in [4.69, 9.17) is 0 Å². The Balaban J connectivity index is 1.75. The minimum atomic E-state index is 0.0916. The highest BCUT2D eigenvalue weighted by atomic mass is 16.1. The first-order chi connectivity index (χ1) is 13.1. The van der Waals surface area contributed by atoms with E-state index in [1.165, 1.54) is 21.9 Å².